The largest absolute Gasteiger partial charge is 0.497 e. The Morgan fingerprint density at radius 2 is 1.47 bits per heavy atom. The Morgan fingerprint density at radius 1 is 0.860 bits per heavy atom. The number of piperidine rings is 2. The minimum absolute atomic E-state index is 0.119. The molecule has 1 spiro atoms. The van der Waals surface area contributed by atoms with E-state index in [1.54, 1.807) is 7.11 Å². The van der Waals surface area contributed by atoms with Crippen LogP contribution in [0, 0.1) is 5.41 Å². The molecular weight excluding hydrogens is 561 g/mol. The molecule has 0 radical (unpaired) electrons. The Kier molecular flexibility index (Phi) is 10.7. The van der Waals surface area contributed by atoms with Crippen LogP contribution in [0.1, 0.15) is 47.2 Å². The minimum atomic E-state index is -5.08. The van der Waals surface area contributed by atoms with Gasteiger partial charge in [0.2, 0.25) is 0 Å². The third-order valence-corrected chi connectivity index (χ3v) is 8.19. The van der Waals surface area contributed by atoms with Crippen LogP contribution < -0.4 is 9.47 Å². The van der Waals surface area contributed by atoms with Crippen LogP contribution in [0.5, 0.6) is 11.5 Å². The lowest BCUT2D eigenvalue weighted by Gasteiger charge is -2.47. The number of amides is 1. The standard InChI is InChI=1S/C31H36N2O3.C2HF3O2/c1-35-28-12-7-11-26(22-28)30(34)33-20-16-31(17-21-33)14-18-32(19-15-31)23-27-10-5-6-13-29(27)36-24-25-8-3-2-4-9-25;3-2(4,5)1(6)7/h2-13,22H,14-21,23-24H2,1H3;(H,6,7). The molecule has 0 unspecified atom stereocenters. The van der Waals surface area contributed by atoms with Crippen LogP contribution in [-0.4, -0.2) is 66.2 Å². The van der Waals surface area contributed by atoms with E-state index in [1.807, 2.05) is 47.4 Å². The summed E-state index contributed by atoms with van der Waals surface area (Å²) in [4.78, 5) is 26.5. The average Bonchev–Trinajstić information content (AvgIpc) is 3.02. The molecule has 1 amide bonds. The van der Waals surface area contributed by atoms with Crippen LogP contribution in [0.25, 0.3) is 0 Å². The fourth-order valence-corrected chi connectivity index (χ4v) is 5.56. The van der Waals surface area contributed by atoms with Crippen LogP contribution in [0.4, 0.5) is 13.2 Å². The summed E-state index contributed by atoms with van der Waals surface area (Å²) >= 11 is 0. The highest BCUT2D eigenvalue weighted by Gasteiger charge is 2.39. The van der Waals surface area contributed by atoms with E-state index in [4.69, 9.17) is 19.4 Å². The number of carbonyl (C=O) groups excluding carboxylic acids is 1. The van der Waals surface area contributed by atoms with Crippen molar-refractivity contribution in [2.45, 2.75) is 45.0 Å². The van der Waals surface area contributed by atoms with Gasteiger partial charge < -0.3 is 19.5 Å². The number of carbonyl (C=O) groups is 2. The molecule has 1 N–H and O–H groups in total. The minimum Gasteiger partial charge on any atom is -0.497 e. The second-order valence-corrected chi connectivity index (χ2v) is 11.0. The third kappa shape index (κ3) is 8.97. The monoisotopic (exact) mass is 598 g/mol. The molecule has 43 heavy (non-hydrogen) atoms. The summed E-state index contributed by atoms with van der Waals surface area (Å²) in [5.74, 6) is -0.930. The van der Waals surface area contributed by atoms with Crippen molar-refractivity contribution in [3.63, 3.8) is 0 Å². The molecular formula is C33H37F3N2O5. The first-order valence-corrected chi connectivity index (χ1v) is 14.3. The summed E-state index contributed by atoms with van der Waals surface area (Å²) in [7, 11) is 1.64. The van der Waals surface area contributed by atoms with Crippen molar-refractivity contribution in [3.8, 4) is 11.5 Å². The summed E-state index contributed by atoms with van der Waals surface area (Å²) in [5, 5.41) is 7.12. The summed E-state index contributed by atoms with van der Waals surface area (Å²) in [6.45, 7) is 5.37. The molecule has 2 aliphatic heterocycles. The molecule has 2 fully saturated rings. The van der Waals surface area contributed by atoms with Gasteiger partial charge in [0, 0.05) is 30.8 Å². The van der Waals surface area contributed by atoms with Crippen molar-refractivity contribution in [1.82, 2.24) is 9.80 Å². The molecule has 2 saturated heterocycles. The van der Waals surface area contributed by atoms with E-state index in [9.17, 15) is 18.0 Å². The highest BCUT2D eigenvalue weighted by Crippen LogP contribution is 2.42. The third-order valence-electron chi connectivity index (χ3n) is 8.19. The van der Waals surface area contributed by atoms with Crippen LogP contribution in [0.15, 0.2) is 78.9 Å². The molecule has 3 aromatic carbocycles. The van der Waals surface area contributed by atoms with Gasteiger partial charge in [-0.05, 0) is 74.0 Å². The van der Waals surface area contributed by atoms with Gasteiger partial charge in [0.05, 0.1) is 7.11 Å². The normalized spacial score (nSPS) is 16.6. The Bertz CT molecular complexity index is 1350. The molecule has 0 saturated carbocycles. The number of aliphatic carboxylic acids is 1. The highest BCUT2D eigenvalue weighted by atomic mass is 19.4. The molecule has 2 heterocycles. The van der Waals surface area contributed by atoms with Crippen LogP contribution in [0.2, 0.25) is 0 Å². The Morgan fingerprint density at radius 3 is 2.09 bits per heavy atom. The van der Waals surface area contributed by atoms with Gasteiger partial charge >= 0.3 is 12.1 Å². The van der Waals surface area contributed by atoms with Gasteiger partial charge in [-0.3, -0.25) is 9.69 Å². The molecule has 2 aliphatic rings. The topological polar surface area (TPSA) is 79.3 Å². The Balaban J connectivity index is 0.000000541. The SMILES string of the molecule is COc1cccc(C(=O)N2CCC3(CCN(Cc4ccccc4OCc4ccccc4)CC3)CC2)c1.O=C(O)C(F)(F)F. The van der Waals surface area contributed by atoms with Crippen molar-refractivity contribution in [2.75, 3.05) is 33.3 Å². The van der Waals surface area contributed by atoms with E-state index in [0.29, 0.717) is 17.6 Å². The van der Waals surface area contributed by atoms with Gasteiger partial charge in [0.15, 0.2) is 0 Å². The number of nitrogens with zero attached hydrogens (tertiary/aromatic N) is 2. The summed E-state index contributed by atoms with van der Waals surface area (Å²) < 4.78 is 43.2. The van der Waals surface area contributed by atoms with Gasteiger partial charge in [-0.25, -0.2) is 4.79 Å². The number of halogens is 3. The second-order valence-electron chi connectivity index (χ2n) is 11.0. The van der Waals surface area contributed by atoms with Gasteiger partial charge in [0.25, 0.3) is 5.91 Å². The van der Waals surface area contributed by atoms with E-state index in [-0.39, 0.29) is 5.91 Å². The molecule has 0 atom stereocenters. The van der Waals surface area contributed by atoms with Crippen molar-refractivity contribution >= 4 is 11.9 Å². The van der Waals surface area contributed by atoms with Crippen LogP contribution in [-0.2, 0) is 17.9 Å². The lowest BCUT2D eigenvalue weighted by atomic mass is 9.71. The van der Waals surface area contributed by atoms with E-state index < -0.39 is 12.1 Å². The van der Waals surface area contributed by atoms with Gasteiger partial charge in [0.1, 0.15) is 18.1 Å². The first-order chi connectivity index (χ1) is 20.6. The number of rotatable bonds is 7. The summed E-state index contributed by atoms with van der Waals surface area (Å²) in [6, 6.07) is 26.2. The molecule has 230 valence electrons. The number of benzene rings is 3. The van der Waals surface area contributed by atoms with E-state index >= 15 is 0 Å². The zero-order valence-corrected chi connectivity index (χ0v) is 24.2. The maximum absolute atomic E-state index is 13.0. The second kappa shape index (κ2) is 14.4. The summed E-state index contributed by atoms with van der Waals surface area (Å²) in [5.41, 5.74) is 3.52. The number of methoxy groups -OCH3 is 1. The number of ether oxygens (including phenoxy) is 2. The fourth-order valence-electron chi connectivity index (χ4n) is 5.56. The maximum Gasteiger partial charge on any atom is 0.490 e. The first kappa shape index (κ1) is 31.9. The lowest BCUT2D eigenvalue weighted by Crippen LogP contribution is -2.48. The van der Waals surface area contributed by atoms with Gasteiger partial charge in [-0.15, -0.1) is 0 Å². The zero-order valence-electron chi connectivity index (χ0n) is 24.2. The molecule has 7 nitrogen and oxygen atoms in total. The molecule has 0 bridgehead atoms. The lowest BCUT2D eigenvalue weighted by molar-refractivity contribution is -0.192. The smallest absolute Gasteiger partial charge is 0.490 e. The molecule has 0 aromatic heterocycles. The number of carboxylic acid groups (broad SMARTS) is 1. The van der Waals surface area contributed by atoms with Crippen molar-refractivity contribution in [1.29, 1.82) is 0 Å². The molecule has 0 aliphatic carbocycles. The van der Waals surface area contributed by atoms with E-state index in [1.165, 1.54) is 24.0 Å². The van der Waals surface area contributed by atoms with Crippen LogP contribution in [0.3, 0.4) is 0 Å². The predicted octanol–water partition coefficient (Wildman–Crippen LogP) is 6.43. The van der Waals surface area contributed by atoms with Crippen molar-refractivity contribution in [3.05, 3.63) is 95.6 Å². The van der Waals surface area contributed by atoms with Crippen molar-refractivity contribution in [2.24, 2.45) is 5.41 Å². The molecule has 10 heteroatoms. The zero-order chi connectivity index (χ0) is 30.9. The van der Waals surface area contributed by atoms with Crippen molar-refractivity contribution < 1.29 is 37.3 Å². The van der Waals surface area contributed by atoms with E-state index in [2.05, 4.69) is 41.3 Å². The molecule has 5 rings (SSSR count). The summed E-state index contributed by atoms with van der Waals surface area (Å²) in [6.07, 6.45) is -0.511. The number of likely N-dealkylation sites (tertiary alicyclic amines) is 2. The Labute approximate surface area is 249 Å². The van der Waals surface area contributed by atoms with Gasteiger partial charge in [-0.2, -0.15) is 13.2 Å². The number of para-hydroxylation sites is 1. The fraction of sp³-hybridized carbons (Fsp3) is 0.394. The number of hydrogen-bond donors (Lipinski definition) is 1. The van der Waals surface area contributed by atoms with E-state index in [0.717, 1.165) is 57.1 Å². The number of carboxylic acids is 1. The molecule has 3 aromatic rings. The first-order valence-electron chi connectivity index (χ1n) is 14.3. The Hall–Kier alpha value is -4.05. The highest BCUT2D eigenvalue weighted by molar-refractivity contribution is 5.94. The number of alkyl halides is 3. The maximum atomic E-state index is 13.0. The van der Waals surface area contributed by atoms with Gasteiger partial charge in [-0.1, -0.05) is 54.6 Å². The predicted molar refractivity (Wildman–Crippen MR) is 156 cm³/mol. The van der Waals surface area contributed by atoms with Crippen LogP contribution >= 0.6 is 0 Å². The number of hydrogen-bond acceptors (Lipinski definition) is 5. The quantitative estimate of drug-likeness (QED) is 0.338. The average molecular weight is 599 g/mol.